The van der Waals surface area contributed by atoms with Gasteiger partial charge in [-0.25, -0.2) is 0 Å². The maximum atomic E-state index is 5.72. The molecule has 0 aliphatic carbocycles. The van der Waals surface area contributed by atoms with E-state index in [-0.39, 0.29) is 5.60 Å². The van der Waals surface area contributed by atoms with Crippen molar-refractivity contribution in [1.29, 1.82) is 0 Å². The van der Waals surface area contributed by atoms with Crippen LogP contribution in [-0.4, -0.2) is 12.2 Å². The molecule has 0 bridgehead atoms. The Morgan fingerprint density at radius 2 is 2.00 bits per heavy atom. The van der Waals surface area contributed by atoms with Crippen LogP contribution in [0.25, 0.3) is 0 Å². The highest BCUT2D eigenvalue weighted by molar-refractivity contribution is 4.87. The van der Waals surface area contributed by atoms with Crippen molar-refractivity contribution >= 4 is 0 Å². The first-order valence-corrected chi connectivity index (χ1v) is 4.76. The van der Waals surface area contributed by atoms with E-state index in [1.54, 1.807) is 0 Å². The van der Waals surface area contributed by atoms with Crippen LogP contribution in [0.4, 0.5) is 0 Å². The Morgan fingerprint density at radius 3 is 2.42 bits per heavy atom. The van der Waals surface area contributed by atoms with Gasteiger partial charge in [0, 0.05) is 0 Å². The summed E-state index contributed by atoms with van der Waals surface area (Å²) in [7, 11) is 0. The smallest absolute Gasteiger partial charge is 0.0626 e. The molecular formula is C11H22O. The Balaban J connectivity index is 3.53. The molecule has 0 heterocycles. The Morgan fingerprint density at radius 1 is 1.42 bits per heavy atom. The van der Waals surface area contributed by atoms with Crippen LogP contribution in [0.5, 0.6) is 0 Å². The summed E-state index contributed by atoms with van der Waals surface area (Å²) in [6.45, 7) is 13.2. The molecule has 0 amide bonds. The van der Waals surface area contributed by atoms with Gasteiger partial charge in [0.1, 0.15) is 0 Å². The minimum Gasteiger partial charge on any atom is -0.375 e. The largest absolute Gasteiger partial charge is 0.375 e. The second kappa shape index (κ2) is 5.36. The van der Waals surface area contributed by atoms with Crippen molar-refractivity contribution in [2.45, 2.75) is 52.6 Å². The summed E-state index contributed by atoms with van der Waals surface area (Å²) >= 11 is 0. The van der Waals surface area contributed by atoms with E-state index in [9.17, 15) is 0 Å². The molecule has 0 aromatic carbocycles. The fraction of sp³-hybridized carbons (Fsp3) is 0.818. The van der Waals surface area contributed by atoms with Crippen molar-refractivity contribution in [1.82, 2.24) is 0 Å². The van der Waals surface area contributed by atoms with E-state index in [4.69, 9.17) is 4.74 Å². The third-order valence-electron chi connectivity index (χ3n) is 1.87. The minimum absolute atomic E-state index is 0.0458. The maximum absolute atomic E-state index is 5.72. The van der Waals surface area contributed by atoms with Crippen LogP contribution in [0, 0.1) is 0 Å². The van der Waals surface area contributed by atoms with E-state index in [1.807, 2.05) is 6.92 Å². The Kier molecular flexibility index (Phi) is 5.23. The molecule has 0 aromatic rings. The molecule has 1 heteroatoms. The molecule has 0 atom stereocenters. The van der Waals surface area contributed by atoms with E-state index >= 15 is 0 Å². The molecule has 0 aliphatic rings. The molecule has 0 spiro atoms. The number of rotatable bonds is 6. The average Bonchev–Trinajstić information content (AvgIpc) is 1.85. The van der Waals surface area contributed by atoms with Crippen molar-refractivity contribution in [3.8, 4) is 0 Å². The van der Waals surface area contributed by atoms with Gasteiger partial charge in [-0.15, -0.1) is 6.58 Å². The summed E-state index contributed by atoms with van der Waals surface area (Å²) in [5.41, 5.74) is 1.24. The van der Waals surface area contributed by atoms with Crippen LogP contribution in [0.15, 0.2) is 12.2 Å². The lowest BCUT2D eigenvalue weighted by atomic mass is 10.0. The zero-order chi connectivity index (χ0) is 9.61. The van der Waals surface area contributed by atoms with Gasteiger partial charge in [-0.3, -0.25) is 0 Å². The van der Waals surface area contributed by atoms with E-state index in [0.29, 0.717) is 0 Å². The molecule has 0 fully saturated rings. The van der Waals surface area contributed by atoms with Crippen LogP contribution < -0.4 is 0 Å². The lowest BCUT2D eigenvalue weighted by Crippen LogP contribution is -2.24. The summed E-state index contributed by atoms with van der Waals surface area (Å²) in [6, 6.07) is 0. The predicted molar refractivity (Wildman–Crippen MR) is 54.4 cm³/mol. The molecular weight excluding hydrogens is 148 g/mol. The monoisotopic (exact) mass is 170 g/mol. The van der Waals surface area contributed by atoms with Gasteiger partial charge in [-0.2, -0.15) is 0 Å². The summed E-state index contributed by atoms with van der Waals surface area (Å²) in [4.78, 5) is 0. The number of hydrogen-bond acceptors (Lipinski definition) is 1. The topological polar surface area (TPSA) is 9.23 Å². The molecule has 0 rings (SSSR count). The van der Waals surface area contributed by atoms with Crippen molar-refractivity contribution in [3.63, 3.8) is 0 Å². The van der Waals surface area contributed by atoms with Gasteiger partial charge in [0.05, 0.1) is 12.2 Å². The molecule has 0 N–H and O–H groups in total. The minimum atomic E-state index is 0.0458. The number of hydrogen-bond donors (Lipinski definition) is 0. The van der Waals surface area contributed by atoms with Crippen molar-refractivity contribution in [3.05, 3.63) is 12.2 Å². The first-order valence-electron chi connectivity index (χ1n) is 4.76. The van der Waals surface area contributed by atoms with Gasteiger partial charge in [-0.05, 0) is 33.6 Å². The van der Waals surface area contributed by atoms with Crippen LogP contribution in [0.3, 0.4) is 0 Å². The second-order valence-electron chi connectivity index (χ2n) is 4.07. The SMILES string of the molecule is C=C(C)CCOC(C)(C)CCC. The van der Waals surface area contributed by atoms with Gasteiger partial charge in [0.2, 0.25) is 0 Å². The highest BCUT2D eigenvalue weighted by atomic mass is 16.5. The molecule has 12 heavy (non-hydrogen) atoms. The van der Waals surface area contributed by atoms with E-state index in [2.05, 4.69) is 27.4 Å². The standard InChI is InChI=1S/C11H22O/c1-6-8-11(4,5)12-9-7-10(2)3/h2,6-9H2,1,3-5H3. The quantitative estimate of drug-likeness (QED) is 0.554. The van der Waals surface area contributed by atoms with Gasteiger partial charge < -0.3 is 4.74 Å². The molecule has 0 saturated heterocycles. The van der Waals surface area contributed by atoms with E-state index in [1.165, 1.54) is 12.0 Å². The summed E-state index contributed by atoms with van der Waals surface area (Å²) < 4.78 is 5.72. The van der Waals surface area contributed by atoms with Gasteiger partial charge in [0.15, 0.2) is 0 Å². The molecule has 72 valence electrons. The highest BCUT2D eigenvalue weighted by Crippen LogP contribution is 2.16. The predicted octanol–water partition coefficient (Wildman–Crippen LogP) is 3.55. The Hall–Kier alpha value is -0.300. The Labute approximate surface area is 76.8 Å². The van der Waals surface area contributed by atoms with Crippen molar-refractivity contribution in [2.24, 2.45) is 0 Å². The summed E-state index contributed by atoms with van der Waals surface area (Å²) in [6.07, 6.45) is 3.29. The average molecular weight is 170 g/mol. The van der Waals surface area contributed by atoms with E-state index < -0.39 is 0 Å². The fourth-order valence-corrected chi connectivity index (χ4v) is 1.18. The molecule has 0 aliphatic heterocycles. The molecule has 0 saturated carbocycles. The second-order valence-corrected chi connectivity index (χ2v) is 4.07. The maximum Gasteiger partial charge on any atom is 0.0626 e. The first kappa shape index (κ1) is 11.7. The normalized spacial score (nSPS) is 11.7. The molecule has 0 radical (unpaired) electrons. The third-order valence-corrected chi connectivity index (χ3v) is 1.87. The third kappa shape index (κ3) is 6.41. The van der Waals surface area contributed by atoms with Gasteiger partial charge in [0.25, 0.3) is 0 Å². The fourth-order valence-electron chi connectivity index (χ4n) is 1.18. The summed E-state index contributed by atoms with van der Waals surface area (Å²) in [5, 5.41) is 0. The lowest BCUT2D eigenvalue weighted by Gasteiger charge is -2.24. The number of ether oxygens (including phenoxy) is 1. The molecule has 0 aromatic heterocycles. The molecule has 0 unspecified atom stereocenters. The first-order chi connectivity index (χ1) is 5.48. The van der Waals surface area contributed by atoms with Gasteiger partial charge in [-0.1, -0.05) is 18.9 Å². The Bertz CT molecular complexity index is 136. The zero-order valence-electron chi connectivity index (χ0n) is 8.94. The van der Waals surface area contributed by atoms with Crippen LogP contribution in [0.2, 0.25) is 0 Å². The molecule has 1 nitrogen and oxygen atoms in total. The van der Waals surface area contributed by atoms with Crippen LogP contribution >= 0.6 is 0 Å². The summed E-state index contributed by atoms with van der Waals surface area (Å²) in [5.74, 6) is 0. The van der Waals surface area contributed by atoms with Crippen molar-refractivity contribution < 1.29 is 4.74 Å². The lowest BCUT2D eigenvalue weighted by molar-refractivity contribution is -0.0221. The highest BCUT2D eigenvalue weighted by Gasteiger charge is 2.15. The van der Waals surface area contributed by atoms with Crippen molar-refractivity contribution in [2.75, 3.05) is 6.61 Å². The van der Waals surface area contributed by atoms with Crippen LogP contribution in [0.1, 0.15) is 47.0 Å². The zero-order valence-corrected chi connectivity index (χ0v) is 8.94. The van der Waals surface area contributed by atoms with E-state index in [0.717, 1.165) is 19.4 Å². The van der Waals surface area contributed by atoms with Crippen LogP contribution in [-0.2, 0) is 4.74 Å². The van der Waals surface area contributed by atoms with Gasteiger partial charge >= 0.3 is 0 Å².